The smallest absolute Gasteiger partial charge is 0.316 e. The molecule has 0 radical (unpaired) electrons. The van der Waals surface area contributed by atoms with Gasteiger partial charge in [0.05, 0.1) is 5.75 Å². The number of carboxylic acids is 1. The fourth-order valence-corrected chi connectivity index (χ4v) is 2.83. The fraction of sp³-hybridized carbons (Fsp3) is 0.833. The first-order valence-electron chi connectivity index (χ1n) is 6.11. The number of nitrogens with zero attached hydrogens (tertiary/aromatic N) is 1. The van der Waals surface area contributed by atoms with Gasteiger partial charge in [0, 0.05) is 12.6 Å². The summed E-state index contributed by atoms with van der Waals surface area (Å²) < 4.78 is 0. The zero-order valence-corrected chi connectivity index (χ0v) is 11.5. The van der Waals surface area contributed by atoms with Crippen LogP contribution >= 0.6 is 11.8 Å². The van der Waals surface area contributed by atoms with E-state index in [0.717, 1.165) is 19.4 Å². The van der Waals surface area contributed by atoms with Crippen molar-refractivity contribution in [3.8, 4) is 0 Å². The number of hydrogen-bond donors (Lipinski definition) is 1. The number of amides is 1. The van der Waals surface area contributed by atoms with Crippen LogP contribution in [0.25, 0.3) is 0 Å². The monoisotopic (exact) mass is 259 g/mol. The molecule has 1 rings (SSSR count). The van der Waals surface area contributed by atoms with Gasteiger partial charge in [-0.05, 0) is 25.7 Å². The van der Waals surface area contributed by atoms with E-state index in [2.05, 4.69) is 0 Å². The minimum atomic E-state index is -0.827. The summed E-state index contributed by atoms with van der Waals surface area (Å²) in [4.78, 5) is 24.8. The Kier molecular flexibility index (Phi) is 5.31. The highest BCUT2D eigenvalue weighted by Crippen LogP contribution is 2.28. The summed E-state index contributed by atoms with van der Waals surface area (Å²) in [6.45, 7) is 6.44. The highest BCUT2D eigenvalue weighted by atomic mass is 32.2. The van der Waals surface area contributed by atoms with Crippen molar-refractivity contribution in [2.24, 2.45) is 5.92 Å². The molecule has 0 aromatic rings. The topological polar surface area (TPSA) is 57.6 Å². The molecule has 1 N–H and O–H groups in total. The molecule has 1 aliphatic carbocycles. The van der Waals surface area contributed by atoms with Gasteiger partial charge in [-0.25, -0.2) is 0 Å². The highest BCUT2D eigenvalue weighted by Gasteiger charge is 2.32. The summed E-state index contributed by atoms with van der Waals surface area (Å²) in [5.41, 5.74) is 0. The molecule has 1 saturated carbocycles. The van der Waals surface area contributed by atoms with E-state index in [1.54, 1.807) is 0 Å². The maximum Gasteiger partial charge on any atom is 0.316 e. The molecule has 98 valence electrons. The second-order valence-corrected chi connectivity index (χ2v) is 5.85. The largest absolute Gasteiger partial charge is 0.480 e. The Bertz CT molecular complexity index is 289. The Hall–Kier alpha value is -0.710. The number of carboxylic acid groups (broad SMARTS) is 1. The van der Waals surface area contributed by atoms with E-state index < -0.39 is 11.2 Å². The lowest BCUT2D eigenvalue weighted by Crippen LogP contribution is -2.35. The average molecular weight is 259 g/mol. The minimum absolute atomic E-state index is 0.0429. The van der Waals surface area contributed by atoms with Gasteiger partial charge in [-0.3, -0.25) is 9.59 Å². The van der Waals surface area contributed by atoms with Crippen molar-refractivity contribution in [3.05, 3.63) is 0 Å². The molecule has 17 heavy (non-hydrogen) atoms. The highest BCUT2D eigenvalue weighted by molar-refractivity contribution is 8.01. The van der Waals surface area contributed by atoms with Crippen molar-refractivity contribution in [1.29, 1.82) is 0 Å². The number of aliphatic carboxylic acids is 1. The molecule has 1 unspecified atom stereocenters. The van der Waals surface area contributed by atoms with Crippen LogP contribution in [0, 0.1) is 5.92 Å². The lowest BCUT2D eigenvalue weighted by atomic mass is 10.1. The predicted octanol–water partition coefficient (Wildman–Crippen LogP) is 1.84. The molecule has 0 bridgehead atoms. The van der Waals surface area contributed by atoms with Crippen molar-refractivity contribution in [3.63, 3.8) is 0 Å². The van der Waals surface area contributed by atoms with Crippen LogP contribution in [0.4, 0.5) is 0 Å². The molecular formula is C12H21NO3S. The first kappa shape index (κ1) is 14.4. The Balaban J connectivity index is 2.42. The van der Waals surface area contributed by atoms with Gasteiger partial charge < -0.3 is 10.0 Å². The lowest BCUT2D eigenvalue weighted by Gasteiger charge is -2.22. The number of rotatable bonds is 7. The van der Waals surface area contributed by atoms with Gasteiger partial charge in [0.1, 0.15) is 5.25 Å². The second kappa shape index (κ2) is 6.28. The number of carbonyl (C=O) groups excluding carboxylic acids is 1. The van der Waals surface area contributed by atoms with E-state index >= 15 is 0 Å². The zero-order chi connectivity index (χ0) is 13.0. The van der Waals surface area contributed by atoms with Crippen molar-refractivity contribution >= 4 is 23.6 Å². The normalized spacial score (nSPS) is 16.9. The third kappa shape index (κ3) is 4.22. The molecule has 0 aromatic carbocycles. The van der Waals surface area contributed by atoms with Gasteiger partial charge in [0.25, 0.3) is 0 Å². The van der Waals surface area contributed by atoms with Gasteiger partial charge in [-0.15, -0.1) is 11.8 Å². The van der Waals surface area contributed by atoms with Gasteiger partial charge >= 0.3 is 5.97 Å². The van der Waals surface area contributed by atoms with Crippen LogP contribution < -0.4 is 0 Å². The maximum atomic E-state index is 11.9. The maximum absolute atomic E-state index is 11.9. The fourth-order valence-electron chi connectivity index (χ4n) is 1.82. The third-order valence-corrected chi connectivity index (χ3v) is 4.40. The first-order chi connectivity index (χ1) is 7.97. The van der Waals surface area contributed by atoms with Crippen molar-refractivity contribution < 1.29 is 14.7 Å². The average Bonchev–Trinajstić information content (AvgIpc) is 3.02. The van der Waals surface area contributed by atoms with Crippen LogP contribution in [0.15, 0.2) is 0 Å². The minimum Gasteiger partial charge on any atom is -0.480 e. The number of carbonyl (C=O) groups is 2. The van der Waals surface area contributed by atoms with E-state index in [1.165, 1.54) is 11.8 Å². The quantitative estimate of drug-likeness (QED) is 0.758. The molecule has 5 heteroatoms. The van der Waals surface area contributed by atoms with Crippen molar-refractivity contribution in [2.75, 3.05) is 12.3 Å². The van der Waals surface area contributed by atoms with E-state index in [-0.39, 0.29) is 17.6 Å². The van der Waals surface area contributed by atoms with Crippen LogP contribution in [0.2, 0.25) is 0 Å². The van der Waals surface area contributed by atoms with E-state index in [9.17, 15) is 9.59 Å². The van der Waals surface area contributed by atoms with Crippen LogP contribution in [0.5, 0.6) is 0 Å². The Morgan fingerprint density at radius 1 is 1.41 bits per heavy atom. The molecular weight excluding hydrogens is 238 g/mol. The molecule has 0 aromatic heterocycles. The molecule has 0 spiro atoms. The number of thioether (sulfide) groups is 1. The lowest BCUT2D eigenvalue weighted by molar-refractivity contribution is -0.137. The summed E-state index contributed by atoms with van der Waals surface area (Å²) in [7, 11) is 0. The summed E-state index contributed by atoms with van der Waals surface area (Å²) in [6.07, 6.45) is 2.19. The van der Waals surface area contributed by atoms with Crippen molar-refractivity contribution in [2.45, 2.75) is 44.9 Å². The van der Waals surface area contributed by atoms with Gasteiger partial charge in [0.15, 0.2) is 0 Å². The SMILES string of the molecule is CCN(C(=O)CSC(C(=O)O)C(C)C)C1CC1. The number of hydrogen-bond acceptors (Lipinski definition) is 3. The second-order valence-electron chi connectivity index (χ2n) is 4.72. The molecule has 0 saturated heterocycles. The third-order valence-electron chi connectivity index (χ3n) is 2.88. The molecule has 1 atom stereocenters. The molecule has 0 heterocycles. The van der Waals surface area contributed by atoms with E-state index in [0.29, 0.717) is 6.04 Å². The summed E-state index contributed by atoms with van der Waals surface area (Å²) in [5.74, 6) is -0.431. The Labute approximate surface area is 107 Å². The Morgan fingerprint density at radius 3 is 2.35 bits per heavy atom. The molecule has 1 aliphatic rings. The molecule has 4 nitrogen and oxygen atoms in total. The van der Waals surface area contributed by atoms with Gasteiger partial charge in [-0.1, -0.05) is 13.8 Å². The van der Waals surface area contributed by atoms with Gasteiger partial charge in [0.2, 0.25) is 5.91 Å². The standard InChI is InChI=1S/C12H21NO3S/c1-4-13(9-5-6-9)10(14)7-17-11(8(2)3)12(15)16/h8-9,11H,4-7H2,1-3H3,(H,15,16). The first-order valence-corrected chi connectivity index (χ1v) is 7.16. The zero-order valence-electron chi connectivity index (χ0n) is 10.7. The molecule has 0 aliphatic heterocycles. The van der Waals surface area contributed by atoms with Crippen LogP contribution in [-0.4, -0.2) is 45.5 Å². The van der Waals surface area contributed by atoms with E-state index in [4.69, 9.17) is 5.11 Å². The summed E-state index contributed by atoms with van der Waals surface area (Å²) in [6, 6.07) is 0.412. The van der Waals surface area contributed by atoms with Gasteiger partial charge in [-0.2, -0.15) is 0 Å². The summed E-state index contributed by atoms with van der Waals surface area (Å²) >= 11 is 1.24. The van der Waals surface area contributed by atoms with Crippen molar-refractivity contribution in [1.82, 2.24) is 4.90 Å². The van der Waals surface area contributed by atoms with E-state index in [1.807, 2.05) is 25.7 Å². The Morgan fingerprint density at radius 2 is 2.00 bits per heavy atom. The van der Waals surface area contributed by atoms with Crippen LogP contribution in [0.1, 0.15) is 33.6 Å². The van der Waals surface area contributed by atoms with Crippen LogP contribution in [0.3, 0.4) is 0 Å². The molecule has 1 amide bonds. The summed E-state index contributed by atoms with van der Waals surface area (Å²) in [5, 5.41) is 8.54. The predicted molar refractivity (Wildman–Crippen MR) is 69.1 cm³/mol. The molecule has 1 fully saturated rings. The van der Waals surface area contributed by atoms with Crippen LogP contribution in [-0.2, 0) is 9.59 Å².